The number of hydrogen-bond acceptors (Lipinski definition) is 4. The number of rotatable bonds is 2. The molecule has 1 unspecified atom stereocenters. The number of aromatic nitrogens is 2. The third-order valence-electron chi connectivity index (χ3n) is 4.71. The lowest BCUT2D eigenvalue weighted by atomic mass is 10.0. The van der Waals surface area contributed by atoms with Gasteiger partial charge in [-0.2, -0.15) is 0 Å². The minimum absolute atomic E-state index is 0.136. The quantitative estimate of drug-likeness (QED) is 0.706. The fraction of sp³-hybridized carbons (Fsp3) is 0.250. The Hall–Kier alpha value is -2.54. The van der Waals surface area contributed by atoms with E-state index in [1.807, 2.05) is 0 Å². The molecule has 0 aliphatic carbocycles. The van der Waals surface area contributed by atoms with Gasteiger partial charge in [-0.1, -0.05) is 0 Å². The molecule has 2 aromatic carbocycles. The van der Waals surface area contributed by atoms with Crippen molar-refractivity contribution in [1.29, 1.82) is 0 Å². The van der Waals surface area contributed by atoms with Crippen LogP contribution in [0.2, 0.25) is 0 Å². The van der Waals surface area contributed by atoms with Crippen LogP contribution in [0.4, 0.5) is 8.78 Å². The molecule has 1 amide bonds. The van der Waals surface area contributed by atoms with E-state index in [2.05, 4.69) is 15.3 Å². The normalized spacial score (nSPS) is 16.2. The summed E-state index contributed by atoms with van der Waals surface area (Å²) in [5.74, 6) is -0.519. The molecule has 4 rings (SSSR count). The molecule has 138 valence electrons. The largest absolute Gasteiger partial charge is 0.345 e. The number of fused-ring (bicyclic) bond motifs is 2. The van der Waals surface area contributed by atoms with E-state index in [9.17, 15) is 13.6 Å². The molecule has 1 aromatic heterocycles. The van der Waals surface area contributed by atoms with Crippen molar-refractivity contribution in [2.45, 2.75) is 31.2 Å². The Morgan fingerprint density at radius 3 is 2.70 bits per heavy atom. The smallest absolute Gasteiger partial charge is 0.254 e. The molecule has 0 bridgehead atoms. The maximum atomic E-state index is 14.1. The molecule has 1 aliphatic heterocycles. The number of benzene rings is 2. The molecule has 7 heteroatoms. The summed E-state index contributed by atoms with van der Waals surface area (Å²) in [7, 11) is 0. The summed E-state index contributed by atoms with van der Waals surface area (Å²) < 4.78 is 27.7. The number of thioether (sulfide) groups is 1. The van der Waals surface area contributed by atoms with Gasteiger partial charge in [0.05, 0.1) is 28.5 Å². The van der Waals surface area contributed by atoms with Crippen molar-refractivity contribution in [2.75, 3.05) is 5.75 Å². The lowest BCUT2D eigenvalue weighted by Crippen LogP contribution is -2.31. The Bertz CT molecular complexity index is 1070. The van der Waals surface area contributed by atoms with E-state index >= 15 is 0 Å². The summed E-state index contributed by atoms with van der Waals surface area (Å²) in [5, 5.41) is 2.92. The van der Waals surface area contributed by atoms with Gasteiger partial charge in [-0.15, -0.1) is 11.8 Å². The van der Waals surface area contributed by atoms with Crippen molar-refractivity contribution in [3.05, 3.63) is 64.5 Å². The fourth-order valence-corrected chi connectivity index (χ4v) is 4.33. The predicted octanol–water partition coefficient (Wildman–Crippen LogP) is 4.49. The zero-order valence-corrected chi connectivity index (χ0v) is 15.7. The van der Waals surface area contributed by atoms with Crippen LogP contribution in [0.3, 0.4) is 0 Å². The summed E-state index contributed by atoms with van der Waals surface area (Å²) in [5.41, 5.74) is 2.96. The Morgan fingerprint density at radius 1 is 1.11 bits per heavy atom. The summed E-state index contributed by atoms with van der Waals surface area (Å²) in [6, 6.07) is 6.70. The van der Waals surface area contributed by atoms with Crippen LogP contribution in [0.1, 0.15) is 39.8 Å². The van der Waals surface area contributed by atoms with Crippen molar-refractivity contribution >= 4 is 28.7 Å². The molecule has 0 radical (unpaired) electrons. The standard InChI is InChI=1S/C20H17F2N3OS/c1-10-11(2)24-19-15(8-13(22)9-17(19)23-10)20(26)25-16-5-6-27-18-4-3-12(21)7-14(16)18/h3-4,7-9,16H,5-6H2,1-2H3,(H,25,26). The highest BCUT2D eigenvalue weighted by molar-refractivity contribution is 7.99. The van der Waals surface area contributed by atoms with Crippen molar-refractivity contribution in [1.82, 2.24) is 15.3 Å². The van der Waals surface area contributed by atoms with Crippen LogP contribution in [0.15, 0.2) is 35.2 Å². The lowest BCUT2D eigenvalue weighted by molar-refractivity contribution is 0.0936. The van der Waals surface area contributed by atoms with Crippen LogP contribution >= 0.6 is 11.8 Å². The zero-order valence-electron chi connectivity index (χ0n) is 14.8. The first-order chi connectivity index (χ1) is 12.9. The van der Waals surface area contributed by atoms with Crippen molar-refractivity contribution in [2.24, 2.45) is 0 Å². The van der Waals surface area contributed by atoms with E-state index in [1.165, 1.54) is 24.3 Å². The van der Waals surface area contributed by atoms with Crippen LogP contribution in [0, 0.1) is 25.5 Å². The second-order valence-electron chi connectivity index (χ2n) is 6.56. The molecular formula is C20H17F2N3OS. The molecule has 0 fully saturated rings. The molecular weight excluding hydrogens is 368 g/mol. The first-order valence-corrected chi connectivity index (χ1v) is 9.58. The first-order valence-electron chi connectivity index (χ1n) is 8.60. The van der Waals surface area contributed by atoms with E-state index < -0.39 is 11.7 Å². The van der Waals surface area contributed by atoms with Gasteiger partial charge in [0, 0.05) is 16.7 Å². The van der Waals surface area contributed by atoms with Crippen molar-refractivity contribution in [3.8, 4) is 0 Å². The van der Waals surface area contributed by atoms with Gasteiger partial charge in [-0.05, 0) is 50.1 Å². The monoisotopic (exact) mass is 385 g/mol. The molecule has 0 saturated carbocycles. The van der Waals surface area contributed by atoms with Crippen LogP contribution in [-0.2, 0) is 0 Å². The molecule has 27 heavy (non-hydrogen) atoms. The van der Waals surface area contributed by atoms with Gasteiger partial charge in [0.25, 0.3) is 5.91 Å². The second-order valence-corrected chi connectivity index (χ2v) is 7.70. The third kappa shape index (κ3) is 3.39. The maximum absolute atomic E-state index is 14.1. The van der Waals surface area contributed by atoms with Gasteiger partial charge in [-0.3, -0.25) is 4.79 Å². The number of carbonyl (C=O) groups is 1. The molecule has 1 atom stereocenters. The van der Waals surface area contributed by atoms with Gasteiger partial charge < -0.3 is 5.32 Å². The van der Waals surface area contributed by atoms with Gasteiger partial charge in [0.2, 0.25) is 0 Å². The highest BCUT2D eigenvalue weighted by Gasteiger charge is 2.25. The fourth-order valence-electron chi connectivity index (χ4n) is 3.22. The number of halogens is 2. The van der Waals surface area contributed by atoms with Crippen molar-refractivity contribution in [3.63, 3.8) is 0 Å². The van der Waals surface area contributed by atoms with Crippen LogP contribution < -0.4 is 5.32 Å². The topological polar surface area (TPSA) is 54.9 Å². The van der Waals surface area contributed by atoms with Gasteiger partial charge in [-0.25, -0.2) is 18.7 Å². The number of carbonyl (C=O) groups excluding carboxylic acids is 1. The SMILES string of the molecule is Cc1nc2cc(F)cc(C(=O)NC3CCSc4ccc(F)cc43)c2nc1C. The van der Waals surface area contributed by atoms with E-state index in [4.69, 9.17) is 0 Å². The molecule has 2 heterocycles. The number of nitrogens with one attached hydrogen (secondary N) is 1. The van der Waals surface area contributed by atoms with E-state index in [0.29, 0.717) is 28.8 Å². The maximum Gasteiger partial charge on any atom is 0.254 e. The Kier molecular flexibility index (Phi) is 4.55. The Labute approximate surface area is 159 Å². The Morgan fingerprint density at radius 2 is 1.89 bits per heavy atom. The Balaban J connectivity index is 1.73. The number of amides is 1. The van der Waals surface area contributed by atoms with Gasteiger partial charge in [0.1, 0.15) is 17.2 Å². The van der Waals surface area contributed by atoms with Gasteiger partial charge in [0.15, 0.2) is 0 Å². The average molecular weight is 385 g/mol. The molecule has 0 spiro atoms. The van der Waals surface area contributed by atoms with Crippen molar-refractivity contribution < 1.29 is 13.6 Å². The molecule has 4 nitrogen and oxygen atoms in total. The van der Waals surface area contributed by atoms with Gasteiger partial charge >= 0.3 is 0 Å². The highest BCUT2D eigenvalue weighted by atomic mass is 32.2. The molecule has 3 aromatic rings. The number of hydrogen-bond donors (Lipinski definition) is 1. The van der Waals surface area contributed by atoms with E-state index in [1.54, 1.807) is 31.7 Å². The third-order valence-corrected chi connectivity index (χ3v) is 5.83. The summed E-state index contributed by atoms with van der Waals surface area (Å²) >= 11 is 1.63. The highest BCUT2D eigenvalue weighted by Crippen LogP contribution is 2.36. The minimum atomic E-state index is -0.546. The molecule has 1 N–H and O–H groups in total. The first kappa shape index (κ1) is 17.9. The lowest BCUT2D eigenvalue weighted by Gasteiger charge is -2.26. The molecule has 0 saturated heterocycles. The van der Waals surface area contributed by atoms with Crippen LogP contribution in [-0.4, -0.2) is 21.6 Å². The zero-order chi connectivity index (χ0) is 19.1. The summed E-state index contributed by atoms with van der Waals surface area (Å²) in [6.07, 6.45) is 0.671. The molecule has 1 aliphatic rings. The number of nitrogens with zero attached hydrogens (tertiary/aromatic N) is 2. The average Bonchev–Trinajstić information content (AvgIpc) is 2.63. The van der Waals surface area contributed by atoms with Crippen LogP contribution in [0.25, 0.3) is 11.0 Å². The predicted molar refractivity (Wildman–Crippen MR) is 101 cm³/mol. The van der Waals surface area contributed by atoms with E-state index in [-0.39, 0.29) is 17.4 Å². The van der Waals surface area contributed by atoms with Crippen LogP contribution in [0.5, 0.6) is 0 Å². The number of aryl methyl sites for hydroxylation is 2. The van der Waals surface area contributed by atoms with E-state index in [0.717, 1.165) is 16.2 Å². The second kappa shape index (κ2) is 6.88. The summed E-state index contributed by atoms with van der Waals surface area (Å²) in [4.78, 5) is 22.6. The minimum Gasteiger partial charge on any atom is -0.345 e. The summed E-state index contributed by atoms with van der Waals surface area (Å²) in [6.45, 7) is 3.59.